The Morgan fingerprint density at radius 1 is 1.36 bits per heavy atom. The summed E-state index contributed by atoms with van der Waals surface area (Å²) < 4.78 is 43.4. The van der Waals surface area contributed by atoms with Crippen molar-refractivity contribution in [1.29, 1.82) is 0 Å². The van der Waals surface area contributed by atoms with Gasteiger partial charge in [0.05, 0.1) is 19.1 Å². The molecule has 2 rings (SSSR count). The number of aliphatic hydroxyl groups excluding tert-OH is 2. The van der Waals surface area contributed by atoms with Crippen LogP contribution in [0.25, 0.3) is 0 Å². The lowest BCUT2D eigenvalue weighted by molar-refractivity contribution is -0.174. The Hall–Kier alpha value is -2.71. The molecule has 186 valence electrons. The molecule has 2 amide bonds. The van der Waals surface area contributed by atoms with Crippen LogP contribution in [0.1, 0.15) is 39.0 Å². The summed E-state index contributed by atoms with van der Waals surface area (Å²) in [5.41, 5.74) is -3.14. The first-order valence-corrected chi connectivity index (χ1v) is 10.3. The lowest BCUT2D eigenvalue weighted by Crippen LogP contribution is -2.47. The molecule has 5 N–H and O–H groups in total. The van der Waals surface area contributed by atoms with Crippen LogP contribution in [-0.4, -0.2) is 69.2 Å². The number of carbonyl (C=O) groups excluding carboxylic acids is 2. The zero-order valence-corrected chi connectivity index (χ0v) is 17.9. The molecule has 0 saturated carbocycles. The molecule has 1 aliphatic rings. The summed E-state index contributed by atoms with van der Waals surface area (Å²) in [4.78, 5) is 49.1. The molecule has 1 saturated heterocycles. The molecule has 0 aromatic carbocycles. The van der Waals surface area contributed by atoms with Crippen LogP contribution in [0, 0.1) is 0 Å². The van der Waals surface area contributed by atoms with E-state index in [1.165, 1.54) is 6.92 Å². The monoisotopic (exact) mass is 480 g/mol. The van der Waals surface area contributed by atoms with Gasteiger partial charge in [0.25, 0.3) is 5.56 Å². The zero-order valence-electron chi connectivity index (χ0n) is 17.9. The molecule has 1 aromatic rings. The van der Waals surface area contributed by atoms with Crippen LogP contribution >= 0.6 is 0 Å². The molecule has 1 aliphatic heterocycles. The number of hydrogen-bond donors (Lipinski definition) is 5. The smallest absolute Gasteiger partial charge is 0.394 e. The Balaban J connectivity index is 1.91. The van der Waals surface area contributed by atoms with Gasteiger partial charge in [-0.15, -0.1) is 0 Å². The fraction of sp³-hybridized carbons (Fsp3) is 0.684. The minimum Gasteiger partial charge on any atom is -0.394 e. The molecule has 0 radical (unpaired) electrons. The molecule has 14 heteroatoms. The molecule has 0 bridgehead atoms. The van der Waals surface area contributed by atoms with E-state index in [4.69, 9.17) is 4.74 Å². The molecule has 2 heterocycles. The van der Waals surface area contributed by atoms with Crippen molar-refractivity contribution < 1.29 is 37.7 Å². The van der Waals surface area contributed by atoms with Gasteiger partial charge in [-0.2, -0.15) is 13.2 Å². The van der Waals surface area contributed by atoms with Crippen LogP contribution < -0.4 is 21.9 Å². The molecule has 33 heavy (non-hydrogen) atoms. The van der Waals surface area contributed by atoms with Crippen LogP contribution in [0.15, 0.2) is 21.9 Å². The van der Waals surface area contributed by atoms with Gasteiger partial charge in [0.2, 0.25) is 5.91 Å². The van der Waals surface area contributed by atoms with E-state index in [1.807, 2.05) is 5.32 Å². The van der Waals surface area contributed by atoms with E-state index in [0.717, 1.165) is 16.8 Å². The third-order valence-electron chi connectivity index (χ3n) is 5.23. The number of hydrogen-bond acceptors (Lipinski definition) is 7. The topological polar surface area (TPSA) is 163 Å². The maximum Gasteiger partial charge on any atom is 0.471 e. The highest BCUT2D eigenvalue weighted by Crippen LogP contribution is 2.37. The van der Waals surface area contributed by atoms with Crippen molar-refractivity contribution in [2.24, 2.45) is 0 Å². The Morgan fingerprint density at radius 3 is 2.64 bits per heavy atom. The second kappa shape index (κ2) is 10.9. The molecule has 1 aromatic heterocycles. The summed E-state index contributed by atoms with van der Waals surface area (Å²) in [6.45, 7) is 1.06. The van der Waals surface area contributed by atoms with Gasteiger partial charge in [-0.3, -0.25) is 23.9 Å². The third-order valence-corrected chi connectivity index (χ3v) is 5.23. The molecular formula is C19H27F3N4O7. The Labute approximate surface area is 185 Å². The molecule has 11 nitrogen and oxygen atoms in total. The van der Waals surface area contributed by atoms with Crippen molar-refractivity contribution >= 4 is 11.8 Å². The fourth-order valence-corrected chi connectivity index (χ4v) is 3.61. The number of carbonyl (C=O) groups is 2. The summed E-state index contributed by atoms with van der Waals surface area (Å²) >= 11 is 0. The lowest BCUT2D eigenvalue weighted by atomic mass is 10.0. The summed E-state index contributed by atoms with van der Waals surface area (Å²) in [6.07, 6.45) is -5.49. The molecule has 1 fully saturated rings. The van der Waals surface area contributed by atoms with Crippen LogP contribution in [0.4, 0.5) is 13.2 Å². The standard InChI is InChI=1S/C19H27F3N4O7/c1-11(24-16(31)19(20,21)22)4-2-3-6-23-15(30)9-18(8-12(28)13(10-27)33-18)26-7-5-14(29)25-17(26)32/h5,7,11-13,27-28H,2-4,6,8-10H2,1H3,(H,23,30)(H,24,31)(H,25,29,32)/t11?,12-,13+,18-/m0/s1. The van der Waals surface area contributed by atoms with Crippen LogP contribution in [0.2, 0.25) is 0 Å². The van der Waals surface area contributed by atoms with Crippen molar-refractivity contribution in [3.8, 4) is 0 Å². The number of amides is 2. The summed E-state index contributed by atoms with van der Waals surface area (Å²) in [7, 11) is 0. The van der Waals surface area contributed by atoms with Gasteiger partial charge in [-0.05, 0) is 26.2 Å². The summed E-state index contributed by atoms with van der Waals surface area (Å²) in [5, 5.41) is 24.0. The van der Waals surface area contributed by atoms with Crippen LogP contribution in [0.3, 0.4) is 0 Å². The highest BCUT2D eigenvalue weighted by atomic mass is 19.4. The summed E-state index contributed by atoms with van der Waals surface area (Å²) in [5.74, 6) is -2.55. The van der Waals surface area contributed by atoms with Gasteiger partial charge in [0.15, 0.2) is 5.72 Å². The van der Waals surface area contributed by atoms with Gasteiger partial charge >= 0.3 is 17.8 Å². The lowest BCUT2D eigenvalue weighted by Gasteiger charge is -2.30. The van der Waals surface area contributed by atoms with Crippen molar-refractivity contribution in [3.63, 3.8) is 0 Å². The first kappa shape index (κ1) is 26.5. The fourth-order valence-electron chi connectivity index (χ4n) is 3.61. The number of aliphatic hydroxyl groups is 2. The predicted molar refractivity (Wildman–Crippen MR) is 107 cm³/mol. The number of halogens is 3. The summed E-state index contributed by atoms with van der Waals surface area (Å²) in [6, 6.07) is 0.357. The number of aromatic nitrogens is 2. The first-order chi connectivity index (χ1) is 15.4. The minimum absolute atomic E-state index is 0.168. The SMILES string of the molecule is CC(CCCCNC(=O)C[C@]1(n2ccc(=O)[nH]c2=O)C[C@H](O)[C@@H](CO)O1)NC(=O)C(F)(F)F. The number of alkyl halides is 3. The number of ether oxygens (including phenoxy) is 1. The molecule has 1 unspecified atom stereocenters. The molecular weight excluding hydrogens is 453 g/mol. The van der Waals surface area contributed by atoms with E-state index in [2.05, 4.69) is 10.3 Å². The van der Waals surface area contributed by atoms with Crippen molar-refractivity contribution in [2.45, 2.75) is 69.2 Å². The average molecular weight is 480 g/mol. The van der Waals surface area contributed by atoms with E-state index >= 15 is 0 Å². The maximum atomic E-state index is 12.5. The Morgan fingerprint density at radius 2 is 2.06 bits per heavy atom. The van der Waals surface area contributed by atoms with Gasteiger partial charge in [0.1, 0.15) is 6.10 Å². The second-order valence-electron chi connectivity index (χ2n) is 7.93. The van der Waals surface area contributed by atoms with E-state index in [1.54, 1.807) is 0 Å². The van der Waals surface area contributed by atoms with E-state index in [-0.39, 0.29) is 19.4 Å². The number of aromatic amines is 1. The van der Waals surface area contributed by atoms with Crippen molar-refractivity contribution in [2.75, 3.05) is 13.2 Å². The molecule has 4 atom stereocenters. The first-order valence-electron chi connectivity index (χ1n) is 10.3. The van der Waals surface area contributed by atoms with Crippen molar-refractivity contribution in [3.05, 3.63) is 33.1 Å². The van der Waals surface area contributed by atoms with Crippen LogP contribution in [0.5, 0.6) is 0 Å². The number of H-pyrrole nitrogens is 1. The molecule has 0 spiro atoms. The predicted octanol–water partition coefficient (Wildman–Crippen LogP) is -0.925. The average Bonchev–Trinajstić information content (AvgIpc) is 3.02. The van der Waals surface area contributed by atoms with Crippen molar-refractivity contribution in [1.82, 2.24) is 20.2 Å². The Bertz CT molecular complexity index is 948. The van der Waals surface area contributed by atoms with Crippen LogP contribution in [-0.2, 0) is 20.1 Å². The zero-order chi connectivity index (χ0) is 24.8. The second-order valence-corrected chi connectivity index (χ2v) is 7.93. The largest absolute Gasteiger partial charge is 0.471 e. The van der Waals surface area contributed by atoms with E-state index in [9.17, 15) is 42.6 Å². The number of unbranched alkanes of at least 4 members (excludes halogenated alkanes) is 1. The number of nitrogens with one attached hydrogen (secondary N) is 3. The highest BCUT2D eigenvalue weighted by Gasteiger charge is 2.49. The van der Waals surface area contributed by atoms with Gasteiger partial charge < -0.3 is 25.6 Å². The third kappa shape index (κ3) is 7.14. The van der Waals surface area contributed by atoms with Gasteiger partial charge in [0, 0.05) is 31.3 Å². The Kier molecular flexibility index (Phi) is 8.80. The number of rotatable bonds is 10. The van der Waals surface area contributed by atoms with Gasteiger partial charge in [-0.1, -0.05) is 0 Å². The number of nitrogens with zero attached hydrogens (tertiary/aromatic N) is 1. The van der Waals surface area contributed by atoms with E-state index < -0.39 is 66.2 Å². The van der Waals surface area contributed by atoms with Gasteiger partial charge in [-0.25, -0.2) is 4.79 Å². The van der Waals surface area contributed by atoms with E-state index in [0.29, 0.717) is 12.8 Å². The molecule has 0 aliphatic carbocycles. The maximum absolute atomic E-state index is 12.5. The highest BCUT2D eigenvalue weighted by molar-refractivity contribution is 5.81. The minimum atomic E-state index is -4.95. The quantitative estimate of drug-likeness (QED) is 0.270. The normalized spacial score (nSPS) is 23.8.